The number of carbonyl (C=O) groups is 2. The van der Waals surface area contributed by atoms with Crippen LogP contribution in [0.25, 0.3) is 0 Å². The molecule has 0 aliphatic carbocycles. The zero-order valence-electron chi connectivity index (χ0n) is 13.9. The van der Waals surface area contributed by atoms with Crippen LogP contribution in [0, 0.1) is 5.92 Å². The highest BCUT2D eigenvalue weighted by molar-refractivity contribution is 5.82. The number of nitrogens with zero attached hydrogens (tertiary/aromatic N) is 3. The third kappa shape index (κ3) is 4.76. The first-order chi connectivity index (χ1) is 11.2. The lowest BCUT2D eigenvalue weighted by molar-refractivity contribution is -0.142. The number of piperidine rings is 1. The van der Waals surface area contributed by atoms with Crippen molar-refractivity contribution in [3.63, 3.8) is 0 Å². The molecule has 2 heterocycles. The minimum Gasteiger partial charge on any atom is -0.375 e. The molecule has 0 saturated carbocycles. The predicted molar refractivity (Wildman–Crippen MR) is 86.5 cm³/mol. The van der Waals surface area contributed by atoms with Gasteiger partial charge < -0.3 is 14.5 Å². The lowest BCUT2D eigenvalue weighted by atomic mass is 9.96. The molecule has 0 N–H and O–H groups in total. The molecule has 0 spiro atoms. The lowest BCUT2D eigenvalue weighted by Gasteiger charge is -2.34. The van der Waals surface area contributed by atoms with E-state index in [-0.39, 0.29) is 24.3 Å². The normalized spacial score (nSPS) is 17.8. The monoisotopic (exact) mass is 319 g/mol. The van der Waals surface area contributed by atoms with Crippen molar-refractivity contribution < 1.29 is 14.3 Å². The Kier molecular flexibility index (Phi) is 6.52. The van der Waals surface area contributed by atoms with Crippen molar-refractivity contribution in [3.8, 4) is 0 Å². The van der Waals surface area contributed by atoms with Crippen LogP contribution >= 0.6 is 0 Å². The molecule has 1 atom stereocenters. The smallest absolute Gasteiger partial charge is 0.248 e. The van der Waals surface area contributed by atoms with E-state index in [0.29, 0.717) is 26.2 Å². The molecular formula is C17H25N3O3. The Labute approximate surface area is 137 Å². The molecule has 1 aromatic rings. The lowest BCUT2D eigenvalue weighted by Crippen LogP contribution is -2.47. The van der Waals surface area contributed by atoms with E-state index in [0.717, 1.165) is 18.4 Å². The zero-order chi connectivity index (χ0) is 16.7. The second-order valence-electron chi connectivity index (χ2n) is 5.82. The molecule has 23 heavy (non-hydrogen) atoms. The first-order valence-corrected chi connectivity index (χ1v) is 8.10. The fourth-order valence-electron chi connectivity index (χ4n) is 2.93. The average Bonchev–Trinajstić information content (AvgIpc) is 2.60. The van der Waals surface area contributed by atoms with Gasteiger partial charge in [0.15, 0.2) is 0 Å². The van der Waals surface area contributed by atoms with Gasteiger partial charge in [-0.1, -0.05) is 0 Å². The maximum absolute atomic E-state index is 12.8. The number of pyridine rings is 1. The van der Waals surface area contributed by atoms with Crippen molar-refractivity contribution in [3.05, 3.63) is 30.1 Å². The number of aromatic nitrogens is 1. The SMILES string of the molecule is CCN(Cc1ccncc1)C(=O)[C@H]1CCCN(C(=O)COC)C1. The Morgan fingerprint density at radius 3 is 2.78 bits per heavy atom. The summed E-state index contributed by atoms with van der Waals surface area (Å²) in [7, 11) is 1.51. The number of likely N-dealkylation sites (tertiary alicyclic amines) is 1. The van der Waals surface area contributed by atoms with Crippen LogP contribution in [0.2, 0.25) is 0 Å². The van der Waals surface area contributed by atoms with Gasteiger partial charge >= 0.3 is 0 Å². The molecule has 0 aromatic carbocycles. The van der Waals surface area contributed by atoms with Gasteiger partial charge in [0.2, 0.25) is 11.8 Å². The maximum Gasteiger partial charge on any atom is 0.248 e. The predicted octanol–water partition coefficient (Wildman–Crippen LogP) is 1.32. The summed E-state index contributed by atoms with van der Waals surface area (Å²) in [5, 5.41) is 0. The van der Waals surface area contributed by atoms with Crippen LogP contribution in [0.15, 0.2) is 24.5 Å². The van der Waals surface area contributed by atoms with Crippen molar-refractivity contribution in [1.82, 2.24) is 14.8 Å². The van der Waals surface area contributed by atoms with E-state index in [9.17, 15) is 9.59 Å². The second-order valence-corrected chi connectivity index (χ2v) is 5.82. The molecule has 2 amide bonds. The summed E-state index contributed by atoms with van der Waals surface area (Å²) in [4.78, 5) is 32.4. The van der Waals surface area contributed by atoms with Crippen LogP contribution in [0.1, 0.15) is 25.3 Å². The van der Waals surface area contributed by atoms with Gasteiger partial charge in [0.1, 0.15) is 6.61 Å². The first kappa shape index (κ1) is 17.4. The summed E-state index contributed by atoms with van der Waals surface area (Å²) in [6, 6.07) is 3.84. The molecule has 126 valence electrons. The minimum atomic E-state index is -0.119. The Morgan fingerprint density at radius 2 is 2.13 bits per heavy atom. The van der Waals surface area contributed by atoms with Crippen LogP contribution in [-0.2, 0) is 20.9 Å². The highest BCUT2D eigenvalue weighted by atomic mass is 16.5. The first-order valence-electron chi connectivity index (χ1n) is 8.10. The quantitative estimate of drug-likeness (QED) is 0.793. The van der Waals surface area contributed by atoms with Crippen molar-refractivity contribution in [2.45, 2.75) is 26.3 Å². The molecule has 2 rings (SSSR count). The molecular weight excluding hydrogens is 294 g/mol. The Bertz CT molecular complexity index is 521. The van der Waals surface area contributed by atoms with E-state index in [2.05, 4.69) is 4.98 Å². The van der Waals surface area contributed by atoms with Crippen LogP contribution in [0.3, 0.4) is 0 Å². The summed E-state index contributed by atoms with van der Waals surface area (Å²) in [6.07, 6.45) is 5.17. The van der Waals surface area contributed by atoms with Crippen molar-refractivity contribution >= 4 is 11.8 Å². The molecule has 6 nitrogen and oxygen atoms in total. The highest BCUT2D eigenvalue weighted by Crippen LogP contribution is 2.20. The Hall–Kier alpha value is -1.95. The second kappa shape index (κ2) is 8.62. The van der Waals surface area contributed by atoms with Gasteiger partial charge in [-0.15, -0.1) is 0 Å². The Morgan fingerprint density at radius 1 is 1.39 bits per heavy atom. The summed E-state index contributed by atoms with van der Waals surface area (Å²) in [6.45, 7) is 4.51. The Balaban J connectivity index is 1.98. The summed E-state index contributed by atoms with van der Waals surface area (Å²) >= 11 is 0. The van der Waals surface area contributed by atoms with E-state index >= 15 is 0 Å². The third-order valence-electron chi connectivity index (χ3n) is 4.21. The highest BCUT2D eigenvalue weighted by Gasteiger charge is 2.30. The standard InChI is InChI=1S/C17H25N3O3/c1-3-19(11-14-6-8-18-9-7-14)17(22)15-5-4-10-20(12-15)16(21)13-23-2/h6-9,15H,3-5,10-13H2,1-2H3/t15-/m0/s1. The minimum absolute atomic E-state index is 0.0396. The summed E-state index contributed by atoms with van der Waals surface area (Å²) in [5.41, 5.74) is 1.07. The van der Waals surface area contributed by atoms with Crippen LogP contribution < -0.4 is 0 Å². The maximum atomic E-state index is 12.8. The topological polar surface area (TPSA) is 62.7 Å². The molecule has 1 aliphatic heterocycles. The largest absolute Gasteiger partial charge is 0.375 e. The average molecular weight is 319 g/mol. The van der Waals surface area contributed by atoms with Gasteiger partial charge in [0.25, 0.3) is 0 Å². The fourth-order valence-corrected chi connectivity index (χ4v) is 2.93. The number of rotatable bonds is 6. The van der Waals surface area contributed by atoms with Crippen LogP contribution in [0.4, 0.5) is 0 Å². The van der Waals surface area contributed by atoms with Crippen molar-refractivity contribution in [2.75, 3.05) is 33.4 Å². The fraction of sp³-hybridized carbons (Fsp3) is 0.588. The molecule has 1 fully saturated rings. The number of carbonyl (C=O) groups excluding carboxylic acids is 2. The molecule has 6 heteroatoms. The number of amides is 2. The van der Waals surface area contributed by atoms with E-state index in [4.69, 9.17) is 4.74 Å². The number of methoxy groups -OCH3 is 1. The van der Waals surface area contributed by atoms with E-state index in [1.54, 1.807) is 17.3 Å². The van der Waals surface area contributed by atoms with Gasteiger partial charge in [-0.2, -0.15) is 0 Å². The molecule has 0 bridgehead atoms. The summed E-state index contributed by atoms with van der Waals surface area (Å²) in [5.74, 6) is -0.0345. The molecule has 1 aliphatic rings. The van der Waals surface area contributed by atoms with Crippen LogP contribution in [-0.4, -0.2) is 59.9 Å². The number of hydrogen-bond donors (Lipinski definition) is 0. The third-order valence-corrected chi connectivity index (χ3v) is 4.21. The molecule has 0 unspecified atom stereocenters. The van der Waals surface area contributed by atoms with Crippen LogP contribution in [0.5, 0.6) is 0 Å². The number of hydrogen-bond acceptors (Lipinski definition) is 4. The van der Waals surface area contributed by atoms with Gasteiger partial charge in [-0.3, -0.25) is 14.6 Å². The van der Waals surface area contributed by atoms with Gasteiger partial charge in [-0.05, 0) is 37.5 Å². The van der Waals surface area contributed by atoms with Gasteiger partial charge in [0, 0.05) is 45.7 Å². The molecule has 1 aromatic heterocycles. The molecule has 0 radical (unpaired) electrons. The zero-order valence-corrected chi connectivity index (χ0v) is 13.9. The number of ether oxygens (including phenoxy) is 1. The van der Waals surface area contributed by atoms with Crippen molar-refractivity contribution in [2.24, 2.45) is 5.92 Å². The van der Waals surface area contributed by atoms with E-state index in [1.165, 1.54) is 7.11 Å². The van der Waals surface area contributed by atoms with E-state index < -0.39 is 0 Å². The van der Waals surface area contributed by atoms with Crippen molar-refractivity contribution in [1.29, 1.82) is 0 Å². The van der Waals surface area contributed by atoms with Gasteiger partial charge in [-0.25, -0.2) is 0 Å². The summed E-state index contributed by atoms with van der Waals surface area (Å²) < 4.78 is 4.91. The molecule has 1 saturated heterocycles. The van der Waals surface area contributed by atoms with Gasteiger partial charge in [0.05, 0.1) is 5.92 Å². The van der Waals surface area contributed by atoms with E-state index in [1.807, 2.05) is 24.0 Å².